The van der Waals surface area contributed by atoms with E-state index in [-0.39, 0.29) is 17.9 Å². The van der Waals surface area contributed by atoms with Gasteiger partial charge in [0, 0.05) is 18.6 Å². The van der Waals surface area contributed by atoms with Crippen LogP contribution in [-0.4, -0.2) is 36.1 Å². The van der Waals surface area contributed by atoms with Crippen molar-refractivity contribution < 1.29 is 9.90 Å². The highest BCUT2D eigenvalue weighted by Gasteiger charge is 2.52. The molecule has 0 radical (unpaired) electrons. The topological polar surface area (TPSA) is 40.5 Å². The van der Waals surface area contributed by atoms with Crippen LogP contribution in [-0.2, 0) is 10.2 Å². The second kappa shape index (κ2) is 4.67. The first-order chi connectivity index (χ1) is 8.10. The van der Waals surface area contributed by atoms with Gasteiger partial charge in [0.1, 0.15) is 0 Å². The van der Waals surface area contributed by atoms with Crippen LogP contribution >= 0.6 is 11.6 Å². The number of hydrogen-bond donors (Lipinski definition) is 1. The first kappa shape index (κ1) is 12.4. The number of rotatable bonds is 4. The Bertz CT molecular complexity index is 412. The maximum atomic E-state index is 12.3. The molecule has 4 heteroatoms. The van der Waals surface area contributed by atoms with Crippen molar-refractivity contribution in [2.24, 2.45) is 0 Å². The summed E-state index contributed by atoms with van der Waals surface area (Å²) >= 11 is 5.85. The number of amides is 1. The molecule has 1 aliphatic carbocycles. The van der Waals surface area contributed by atoms with Crippen LogP contribution in [0.15, 0.2) is 24.3 Å². The van der Waals surface area contributed by atoms with E-state index >= 15 is 0 Å². The summed E-state index contributed by atoms with van der Waals surface area (Å²) in [5, 5.41) is 9.55. The minimum atomic E-state index is -0.367. The van der Waals surface area contributed by atoms with Gasteiger partial charge in [0.15, 0.2) is 0 Å². The van der Waals surface area contributed by atoms with Crippen molar-refractivity contribution in [3.63, 3.8) is 0 Å². The van der Waals surface area contributed by atoms with Crippen molar-refractivity contribution in [3.8, 4) is 0 Å². The highest BCUT2D eigenvalue weighted by atomic mass is 35.5. The van der Waals surface area contributed by atoms with E-state index in [4.69, 9.17) is 16.7 Å². The molecule has 0 atom stereocenters. The summed E-state index contributed by atoms with van der Waals surface area (Å²) in [6.07, 6.45) is 1.76. The number of benzene rings is 1. The van der Waals surface area contributed by atoms with Gasteiger partial charge in [-0.05, 0) is 30.5 Å². The van der Waals surface area contributed by atoms with Gasteiger partial charge >= 0.3 is 0 Å². The molecule has 0 aromatic heterocycles. The summed E-state index contributed by atoms with van der Waals surface area (Å²) in [6.45, 7) is 0.382. The Morgan fingerprint density at radius 2 is 2.00 bits per heavy atom. The molecule has 0 heterocycles. The van der Waals surface area contributed by atoms with Gasteiger partial charge < -0.3 is 10.0 Å². The van der Waals surface area contributed by atoms with E-state index in [1.165, 1.54) is 0 Å². The quantitative estimate of drug-likeness (QED) is 0.889. The van der Waals surface area contributed by atoms with Crippen LogP contribution in [0, 0.1) is 0 Å². The van der Waals surface area contributed by atoms with Crippen LogP contribution in [0.25, 0.3) is 0 Å². The molecule has 0 saturated heterocycles. The van der Waals surface area contributed by atoms with E-state index in [9.17, 15) is 4.79 Å². The molecular weight excluding hydrogens is 238 g/mol. The molecule has 0 unspecified atom stereocenters. The molecule has 0 aliphatic heterocycles. The van der Waals surface area contributed by atoms with Crippen molar-refractivity contribution in [1.82, 2.24) is 4.90 Å². The van der Waals surface area contributed by atoms with Crippen molar-refractivity contribution in [2.45, 2.75) is 18.3 Å². The fourth-order valence-corrected chi connectivity index (χ4v) is 2.26. The number of carbonyl (C=O) groups excluding carboxylic acids is 1. The number of aliphatic hydroxyl groups is 1. The average molecular weight is 254 g/mol. The van der Waals surface area contributed by atoms with Crippen molar-refractivity contribution >= 4 is 17.5 Å². The third-order valence-electron chi connectivity index (χ3n) is 3.34. The Labute approximate surface area is 106 Å². The Balaban J connectivity index is 2.19. The first-order valence-electron chi connectivity index (χ1n) is 5.72. The van der Waals surface area contributed by atoms with Crippen LogP contribution in [0.4, 0.5) is 0 Å². The lowest BCUT2D eigenvalue weighted by Crippen LogP contribution is -2.38. The Hall–Kier alpha value is -1.06. The summed E-state index contributed by atoms with van der Waals surface area (Å²) in [4.78, 5) is 13.9. The predicted molar refractivity (Wildman–Crippen MR) is 67.1 cm³/mol. The van der Waals surface area contributed by atoms with E-state index < -0.39 is 0 Å². The van der Waals surface area contributed by atoms with Crippen LogP contribution in [0.2, 0.25) is 5.02 Å². The molecule has 17 heavy (non-hydrogen) atoms. The largest absolute Gasteiger partial charge is 0.395 e. The monoisotopic (exact) mass is 253 g/mol. The molecular formula is C13H16ClNO2. The van der Waals surface area contributed by atoms with E-state index in [1.807, 2.05) is 24.3 Å². The number of aliphatic hydroxyl groups excluding tert-OH is 1. The zero-order chi connectivity index (χ0) is 12.5. The van der Waals surface area contributed by atoms with Gasteiger partial charge in [0.2, 0.25) is 5.91 Å². The zero-order valence-electron chi connectivity index (χ0n) is 9.82. The molecule has 1 amide bonds. The molecule has 92 valence electrons. The minimum absolute atomic E-state index is 0.00105. The van der Waals surface area contributed by atoms with Gasteiger partial charge in [-0.3, -0.25) is 4.79 Å². The molecule has 1 aromatic carbocycles. The number of hydrogen-bond acceptors (Lipinski definition) is 2. The maximum Gasteiger partial charge on any atom is 0.233 e. The molecule has 0 bridgehead atoms. The van der Waals surface area contributed by atoms with Crippen LogP contribution in [0.1, 0.15) is 18.4 Å². The maximum absolute atomic E-state index is 12.3. The van der Waals surface area contributed by atoms with E-state index in [1.54, 1.807) is 11.9 Å². The van der Waals surface area contributed by atoms with Crippen molar-refractivity contribution in [2.75, 3.05) is 20.2 Å². The van der Waals surface area contributed by atoms with Crippen LogP contribution < -0.4 is 0 Å². The first-order valence-corrected chi connectivity index (χ1v) is 6.10. The standard InChI is InChI=1S/C13H16ClNO2/c1-15(8-9-16)12(17)13(6-7-13)10-2-4-11(14)5-3-10/h2-5,16H,6-9H2,1H3. The van der Waals surface area contributed by atoms with Gasteiger partial charge in [-0.2, -0.15) is 0 Å². The highest BCUT2D eigenvalue weighted by Crippen LogP contribution is 2.49. The Kier molecular flexibility index (Phi) is 3.40. The van der Waals surface area contributed by atoms with E-state index in [0.29, 0.717) is 11.6 Å². The van der Waals surface area contributed by atoms with Crippen LogP contribution in [0.5, 0.6) is 0 Å². The van der Waals surface area contributed by atoms with Gasteiger partial charge in [-0.25, -0.2) is 0 Å². The molecule has 1 saturated carbocycles. The van der Waals surface area contributed by atoms with Gasteiger partial charge in [-0.15, -0.1) is 0 Å². The summed E-state index contributed by atoms with van der Waals surface area (Å²) in [5.74, 6) is 0.0915. The second-order valence-corrected chi connectivity index (χ2v) is 4.98. The molecule has 1 aliphatic rings. The lowest BCUT2D eigenvalue weighted by Gasteiger charge is -2.23. The Morgan fingerprint density at radius 3 is 2.47 bits per heavy atom. The number of carbonyl (C=O) groups is 1. The molecule has 1 aromatic rings. The minimum Gasteiger partial charge on any atom is -0.395 e. The summed E-state index contributed by atoms with van der Waals surface area (Å²) < 4.78 is 0. The fourth-order valence-electron chi connectivity index (χ4n) is 2.14. The van der Waals surface area contributed by atoms with Gasteiger partial charge in [-0.1, -0.05) is 23.7 Å². The lowest BCUT2D eigenvalue weighted by molar-refractivity contribution is -0.133. The highest BCUT2D eigenvalue weighted by molar-refractivity contribution is 6.30. The summed E-state index contributed by atoms with van der Waals surface area (Å²) in [6, 6.07) is 7.46. The smallest absolute Gasteiger partial charge is 0.233 e. The van der Waals surface area contributed by atoms with E-state index in [0.717, 1.165) is 18.4 Å². The Morgan fingerprint density at radius 1 is 1.41 bits per heavy atom. The van der Waals surface area contributed by atoms with E-state index in [2.05, 4.69) is 0 Å². The third-order valence-corrected chi connectivity index (χ3v) is 3.59. The normalized spacial score (nSPS) is 16.6. The van der Waals surface area contributed by atoms with Gasteiger partial charge in [0.05, 0.1) is 12.0 Å². The number of likely N-dealkylation sites (N-methyl/N-ethyl adjacent to an activating group) is 1. The third kappa shape index (κ3) is 2.31. The summed E-state index contributed by atoms with van der Waals surface area (Å²) in [5.41, 5.74) is 0.658. The zero-order valence-corrected chi connectivity index (χ0v) is 10.6. The lowest BCUT2D eigenvalue weighted by atomic mass is 9.94. The molecule has 3 nitrogen and oxygen atoms in total. The van der Waals surface area contributed by atoms with Gasteiger partial charge in [0.25, 0.3) is 0 Å². The molecule has 2 rings (SSSR count). The molecule has 1 fully saturated rings. The predicted octanol–water partition coefficient (Wildman–Crippen LogP) is 1.82. The number of halogens is 1. The fraction of sp³-hybridized carbons (Fsp3) is 0.462. The van der Waals surface area contributed by atoms with Crippen LogP contribution in [0.3, 0.4) is 0 Å². The van der Waals surface area contributed by atoms with Crippen molar-refractivity contribution in [3.05, 3.63) is 34.9 Å². The van der Waals surface area contributed by atoms with Crippen molar-refractivity contribution in [1.29, 1.82) is 0 Å². The SMILES string of the molecule is CN(CCO)C(=O)C1(c2ccc(Cl)cc2)CC1. The second-order valence-electron chi connectivity index (χ2n) is 4.54. The molecule has 0 spiro atoms. The molecule has 1 N–H and O–H groups in total. The average Bonchev–Trinajstić information content (AvgIpc) is 3.10. The summed E-state index contributed by atoms with van der Waals surface area (Å²) in [7, 11) is 1.73. The number of nitrogens with zero attached hydrogens (tertiary/aromatic N) is 1.